The molecule has 1 amide bonds. The Bertz CT molecular complexity index is 493. The van der Waals surface area contributed by atoms with Crippen molar-refractivity contribution in [2.45, 2.75) is 31.7 Å². The molecule has 1 aromatic heterocycles. The summed E-state index contributed by atoms with van der Waals surface area (Å²) in [6.07, 6.45) is 6.97. The van der Waals surface area contributed by atoms with Crippen molar-refractivity contribution in [3.05, 3.63) is 23.9 Å². The topological polar surface area (TPSA) is 74.5 Å². The van der Waals surface area contributed by atoms with E-state index in [2.05, 4.69) is 15.3 Å². The number of carbonyl (C=O) groups excluding carboxylic acids is 1. The van der Waals surface area contributed by atoms with Crippen molar-refractivity contribution >= 4 is 11.7 Å². The van der Waals surface area contributed by atoms with E-state index in [0.29, 0.717) is 11.4 Å². The predicted molar refractivity (Wildman–Crippen MR) is 81.8 cm³/mol. The maximum atomic E-state index is 12.5. The van der Waals surface area contributed by atoms with Crippen LogP contribution in [-0.4, -0.2) is 52.9 Å². The van der Waals surface area contributed by atoms with Gasteiger partial charge < -0.3 is 10.3 Å². The molecule has 1 aliphatic heterocycles. The van der Waals surface area contributed by atoms with E-state index < -0.39 is 0 Å². The van der Waals surface area contributed by atoms with Crippen LogP contribution in [0.25, 0.3) is 0 Å². The van der Waals surface area contributed by atoms with Gasteiger partial charge >= 0.3 is 0 Å². The third kappa shape index (κ3) is 3.16. The number of nitrogen functional groups attached to an aromatic ring is 1. The van der Waals surface area contributed by atoms with Gasteiger partial charge in [0.05, 0.1) is 0 Å². The number of aromatic nitrogens is 1. The van der Waals surface area contributed by atoms with Crippen molar-refractivity contribution in [1.29, 1.82) is 0 Å². The van der Waals surface area contributed by atoms with Crippen LogP contribution in [0.2, 0.25) is 0 Å². The van der Waals surface area contributed by atoms with Gasteiger partial charge in [-0.05, 0) is 25.0 Å². The van der Waals surface area contributed by atoms with E-state index in [0.717, 1.165) is 32.2 Å². The van der Waals surface area contributed by atoms with Crippen LogP contribution in [0.4, 0.5) is 5.82 Å². The summed E-state index contributed by atoms with van der Waals surface area (Å²) in [7, 11) is 0. The summed E-state index contributed by atoms with van der Waals surface area (Å²) in [6, 6.07) is 4.19. The molecule has 0 unspecified atom stereocenters. The van der Waals surface area contributed by atoms with Crippen molar-refractivity contribution in [3.63, 3.8) is 0 Å². The average molecular weight is 289 g/mol. The molecular formula is C15H23N5O. The highest BCUT2D eigenvalue weighted by atomic mass is 16.2. The molecule has 2 fully saturated rings. The number of rotatable bonds is 3. The standard InChI is InChI=1S/C15H23N5O/c16-18-14-11-12(5-6-17-14)15(21)20-9-7-19(8-10-20)13-3-1-2-4-13/h5-6,11,13H,1-4,7-10,16H2,(H,17,18). The quantitative estimate of drug-likeness (QED) is 0.643. The van der Waals surface area contributed by atoms with E-state index in [1.807, 2.05) is 4.90 Å². The Labute approximate surface area is 125 Å². The molecular weight excluding hydrogens is 266 g/mol. The zero-order valence-electron chi connectivity index (χ0n) is 12.3. The first kappa shape index (κ1) is 14.3. The summed E-state index contributed by atoms with van der Waals surface area (Å²) in [4.78, 5) is 21.0. The second-order valence-corrected chi connectivity index (χ2v) is 5.84. The van der Waals surface area contributed by atoms with Crippen LogP contribution >= 0.6 is 0 Å². The van der Waals surface area contributed by atoms with Crippen LogP contribution in [0.3, 0.4) is 0 Å². The number of carbonyl (C=O) groups is 1. The first-order chi connectivity index (χ1) is 10.3. The van der Waals surface area contributed by atoms with E-state index in [-0.39, 0.29) is 5.91 Å². The van der Waals surface area contributed by atoms with Crippen LogP contribution in [0, 0.1) is 0 Å². The van der Waals surface area contributed by atoms with E-state index in [4.69, 9.17) is 5.84 Å². The summed E-state index contributed by atoms with van der Waals surface area (Å²) in [5, 5.41) is 0. The van der Waals surface area contributed by atoms with Gasteiger partial charge in [-0.1, -0.05) is 12.8 Å². The Morgan fingerprint density at radius 2 is 1.95 bits per heavy atom. The molecule has 2 aliphatic rings. The molecule has 1 aliphatic carbocycles. The van der Waals surface area contributed by atoms with E-state index in [1.54, 1.807) is 18.3 Å². The lowest BCUT2D eigenvalue weighted by Gasteiger charge is -2.38. The molecule has 1 saturated carbocycles. The molecule has 0 atom stereocenters. The van der Waals surface area contributed by atoms with Gasteiger partial charge in [-0.2, -0.15) is 0 Å². The number of nitrogens with zero attached hydrogens (tertiary/aromatic N) is 3. The molecule has 21 heavy (non-hydrogen) atoms. The molecule has 1 aromatic rings. The number of hydrazine groups is 1. The third-order valence-corrected chi connectivity index (χ3v) is 4.60. The SMILES string of the molecule is NNc1cc(C(=O)N2CCN(C3CCCC3)CC2)ccn1. The molecule has 114 valence electrons. The number of hydrogen-bond acceptors (Lipinski definition) is 5. The van der Waals surface area contributed by atoms with E-state index in [9.17, 15) is 4.79 Å². The highest BCUT2D eigenvalue weighted by molar-refractivity contribution is 5.94. The van der Waals surface area contributed by atoms with Crippen LogP contribution in [0.5, 0.6) is 0 Å². The normalized spacial score (nSPS) is 20.7. The predicted octanol–water partition coefficient (Wildman–Crippen LogP) is 1.07. The van der Waals surface area contributed by atoms with Gasteiger partial charge in [0.2, 0.25) is 0 Å². The lowest BCUT2D eigenvalue weighted by Crippen LogP contribution is -2.51. The lowest BCUT2D eigenvalue weighted by atomic mass is 10.1. The van der Waals surface area contributed by atoms with Gasteiger partial charge in [0, 0.05) is 44.0 Å². The highest BCUT2D eigenvalue weighted by Crippen LogP contribution is 2.24. The zero-order valence-corrected chi connectivity index (χ0v) is 12.3. The Balaban J connectivity index is 1.59. The Morgan fingerprint density at radius 3 is 2.62 bits per heavy atom. The molecule has 6 nitrogen and oxygen atoms in total. The van der Waals surface area contributed by atoms with Crippen molar-refractivity contribution in [2.75, 3.05) is 31.6 Å². The van der Waals surface area contributed by atoms with Gasteiger partial charge in [0.1, 0.15) is 5.82 Å². The fourth-order valence-corrected chi connectivity index (χ4v) is 3.38. The number of pyridine rings is 1. The molecule has 6 heteroatoms. The summed E-state index contributed by atoms with van der Waals surface area (Å²) >= 11 is 0. The van der Waals surface area contributed by atoms with Crippen LogP contribution in [-0.2, 0) is 0 Å². The number of nitrogens with two attached hydrogens (primary N) is 1. The summed E-state index contributed by atoms with van der Waals surface area (Å²) < 4.78 is 0. The van der Waals surface area contributed by atoms with Gasteiger partial charge in [-0.25, -0.2) is 10.8 Å². The van der Waals surface area contributed by atoms with Crippen molar-refractivity contribution in [3.8, 4) is 0 Å². The minimum atomic E-state index is 0.0694. The maximum absolute atomic E-state index is 12.5. The molecule has 0 spiro atoms. The molecule has 0 aromatic carbocycles. The minimum absolute atomic E-state index is 0.0694. The van der Waals surface area contributed by atoms with Crippen molar-refractivity contribution < 1.29 is 4.79 Å². The summed E-state index contributed by atoms with van der Waals surface area (Å²) in [5.74, 6) is 5.93. The minimum Gasteiger partial charge on any atom is -0.336 e. The van der Waals surface area contributed by atoms with Gasteiger partial charge in [-0.15, -0.1) is 0 Å². The molecule has 1 saturated heterocycles. The molecule has 0 radical (unpaired) electrons. The van der Waals surface area contributed by atoms with Crippen molar-refractivity contribution in [1.82, 2.24) is 14.8 Å². The second kappa shape index (κ2) is 6.41. The van der Waals surface area contributed by atoms with Gasteiger partial charge in [-0.3, -0.25) is 9.69 Å². The van der Waals surface area contributed by atoms with Crippen LogP contribution < -0.4 is 11.3 Å². The Kier molecular flexibility index (Phi) is 4.36. The number of piperazine rings is 1. The molecule has 3 rings (SSSR count). The van der Waals surface area contributed by atoms with Gasteiger partial charge in [0.15, 0.2) is 0 Å². The third-order valence-electron chi connectivity index (χ3n) is 4.60. The summed E-state index contributed by atoms with van der Waals surface area (Å²) in [5.41, 5.74) is 3.12. The molecule has 3 N–H and O–H groups in total. The fraction of sp³-hybridized carbons (Fsp3) is 0.600. The number of anilines is 1. The maximum Gasteiger partial charge on any atom is 0.254 e. The monoisotopic (exact) mass is 289 g/mol. The smallest absolute Gasteiger partial charge is 0.254 e. The lowest BCUT2D eigenvalue weighted by molar-refractivity contribution is 0.0573. The molecule has 0 bridgehead atoms. The number of amides is 1. The first-order valence-corrected chi connectivity index (χ1v) is 7.74. The Morgan fingerprint density at radius 1 is 1.24 bits per heavy atom. The van der Waals surface area contributed by atoms with Crippen LogP contribution in [0.15, 0.2) is 18.3 Å². The first-order valence-electron chi connectivity index (χ1n) is 7.74. The summed E-state index contributed by atoms with van der Waals surface area (Å²) in [6.45, 7) is 3.60. The average Bonchev–Trinajstić information content (AvgIpc) is 3.09. The van der Waals surface area contributed by atoms with Gasteiger partial charge in [0.25, 0.3) is 5.91 Å². The van der Waals surface area contributed by atoms with Crippen molar-refractivity contribution in [2.24, 2.45) is 5.84 Å². The zero-order chi connectivity index (χ0) is 14.7. The molecule has 2 heterocycles. The largest absolute Gasteiger partial charge is 0.336 e. The second-order valence-electron chi connectivity index (χ2n) is 5.84. The van der Waals surface area contributed by atoms with E-state index >= 15 is 0 Å². The Hall–Kier alpha value is -1.66. The fourth-order valence-electron chi connectivity index (χ4n) is 3.38. The number of nitrogens with one attached hydrogen (secondary N) is 1. The van der Waals surface area contributed by atoms with E-state index in [1.165, 1.54) is 25.7 Å². The van der Waals surface area contributed by atoms with Crippen LogP contribution in [0.1, 0.15) is 36.0 Å². The highest BCUT2D eigenvalue weighted by Gasteiger charge is 2.28. The number of hydrogen-bond donors (Lipinski definition) is 2.